The Kier molecular flexibility index (Phi) is 11.4. The number of rotatable bonds is 0. The molecule has 0 fully saturated rings. The van der Waals surface area contributed by atoms with Crippen LogP contribution in [0.3, 0.4) is 0 Å². The summed E-state index contributed by atoms with van der Waals surface area (Å²) < 4.78 is -1.30. The van der Waals surface area contributed by atoms with E-state index in [-0.39, 0.29) is 7.43 Å². The van der Waals surface area contributed by atoms with E-state index < -0.39 is 2.50 Å². The van der Waals surface area contributed by atoms with Crippen molar-refractivity contribution in [2.75, 3.05) is 0 Å². The summed E-state index contributed by atoms with van der Waals surface area (Å²) in [6.07, 6.45) is 0. The fraction of sp³-hybridized carbons (Fsp3) is 0. The normalized spacial score (nSPS) is 10.0. The van der Waals surface area contributed by atoms with Gasteiger partial charge in [0.2, 0.25) is 0 Å². The molecule has 0 aliphatic carbocycles. The number of hydrogen-bond acceptors (Lipinski definition) is 0. The SMILES string of the molecule is [CH3].[I][Sn]([I])([I])[I]. The average Bonchev–Trinajstić information content (AvgIpc) is 0.722. The maximum absolute atomic E-state index is 2.55. The van der Waals surface area contributed by atoms with Gasteiger partial charge in [-0.2, -0.15) is 0 Å². The standard InChI is InChI=1S/CH3.4HI.Sn/h1H3;4*1H;/q;;;;;+4/p-4. The molecule has 0 bridgehead atoms. The fourth-order valence-electron chi connectivity index (χ4n) is 0. The summed E-state index contributed by atoms with van der Waals surface area (Å²) in [5.74, 6) is 0. The van der Waals surface area contributed by atoms with Gasteiger partial charge in [-0.05, 0) is 0 Å². The molecule has 0 aromatic carbocycles. The summed E-state index contributed by atoms with van der Waals surface area (Å²) in [5.41, 5.74) is 0. The van der Waals surface area contributed by atoms with Gasteiger partial charge >= 0.3 is 77.0 Å². The quantitative estimate of drug-likeness (QED) is 0.281. The molecule has 0 saturated carbocycles. The van der Waals surface area contributed by atoms with E-state index in [0.29, 0.717) is 0 Å². The van der Waals surface area contributed by atoms with Gasteiger partial charge in [-0.1, -0.05) is 7.43 Å². The van der Waals surface area contributed by atoms with Crippen LogP contribution in [0.4, 0.5) is 0 Å². The van der Waals surface area contributed by atoms with Gasteiger partial charge in [-0.15, -0.1) is 0 Å². The van der Waals surface area contributed by atoms with E-state index in [4.69, 9.17) is 0 Å². The van der Waals surface area contributed by atoms with E-state index in [2.05, 4.69) is 74.5 Å². The topological polar surface area (TPSA) is 0 Å². The summed E-state index contributed by atoms with van der Waals surface area (Å²) in [6.45, 7) is 0. The van der Waals surface area contributed by atoms with Gasteiger partial charge < -0.3 is 0 Å². The summed E-state index contributed by atoms with van der Waals surface area (Å²) in [7, 11) is 0. The van der Waals surface area contributed by atoms with Gasteiger partial charge in [0.25, 0.3) is 0 Å². The van der Waals surface area contributed by atoms with Crippen LogP contribution in [0.5, 0.6) is 0 Å². The van der Waals surface area contributed by atoms with Crippen molar-refractivity contribution in [1.82, 2.24) is 0 Å². The summed E-state index contributed by atoms with van der Waals surface area (Å²) in [4.78, 5) is 0. The van der Waals surface area contributed by atoms with Crippen molar-refractivity contribution in [2.24, 2.45) is 0 Å². The van der Waals surface area contributed by atoms with Gasteiger partial charge in [0, 0.05) is 0 Å². The minimum atomic E-state index is -1.30. The molecule has 1 radical (unpaired) electrons. The van der Waals surface area contributed by atoms with Crippen LogP contribution in [0.15, 0.2) is 0 Å². The molecule has 0 saturated heterocycles. The Labute approximate surface area is 81.6 Å². The van der Waals surface area contributed by atoms with Gasteiger partial charge in [-0.25, -0.2) is 0 Å². The Balaban J connectivity index is 0. The second-order valence-corrected chi connectivity index (χ2v) is 129. The van der Waals surface area contributed by atoms with Crippen LogP contribution >= 0.6 is 74.5 Å². The van der Waals surface area contributed by atoms with Crippen LogP contribution in [0.25, 0.3) is 0 Å². The molecule has 0 amide bonds. The Hall–Kier alpha value is 3.72. The summed E-state index contributed by atoms with van der Waals surface area (Å²) in [6, 6.07) is 0. The number of hydrogen-bond donors (Lipinski definition) is 0. The summed E-state index contributed by atoms with van der Waals surface area (Å²) in [5, 5.41) is 0. The molecule has 0 unspecified atom stereocenters. The third-order valence-electron chi connectivity index (χ3n) is 0. The minimum absolute atomic E-state index is 0. The molecule has 6 heavy (non-hydrogen) atoms. The molecule has 0 aliphatic rings. The Morgan fingerprint density at radius 3 is 0.833 bits per heavy atom. The number of halogens is 4. The van der Waals surface area contributed by atoms with Crippen molar-refractivity contribution in [3.8, 4) is 0 Å². The molecule has 0 N–H and O–H groups in total. The first-order valence-corrected chi connectivity index (χ1v) is 34.0. The molecule has 0 nitrogen and oxygen atoms in total. The Morgan fingerprint density at radius 1 is 0.833 bits per heavy atom. The van der Waals surface area contributed by atoms with E-state index in [1.807, 2.05) is 0 Å². The first-order chi connectivity index (χ1) is 2.00. The van der Waals surface area contributed by atoms with Crippen LogP contribution in [-0.2, 0) is 0 Å². The molecule has 0 rings (SSSR count). The molecule has 0 aliphatic heterocycles. The van der Waals surface area contributed by atoms with E-state index in [1.54, 1.807) is 0 Å². The Bertz CT molecular complexity index is 23.0. The zero-order valence-electron chi connectivity index (χ0n) is 3.01. The zero-order chi connectivity index (χ0) is 4.50. The van der Waals surface area contributed by atoms with Crippen molar-refractivity contribution in [3.05, 3.63) is 7.43 Å². The Morgan fingerprint density at radius 2 is 0.833 bits per heavy atom. The predicted octanol–water partition coefficient (Wildman–Crippen LogP) is 3.61. The third kappa shape index (κ3) is 25.2. The molecule has 0 heterocycles. The first-order valence-electron chi connectivity index (χ1n) is 0.756. The van der Waals surface area contributed by atoms with Crippen molar-refractivity contribution < 1.29 is 0 Å². The van der Waals surface area contributed by atoms with Gasteiger partial charge in [0.15, 0.2) is 0 Å². The van der Waals surface area contributed by atoms with Crippen LogP contribution in [-0.4, -0.2) is 2.50 Å². The predicted molar refractivity (Wildman–Crippen MR) is 68.2 cm³/mol. The monoisotopic (exact) mass is 643 g/mol. The van der Waals surface area contributed by atoms with E-state index in [1.165, 1.54) is 0 Å². The van der Waals surface area contributed by atoms with Crippen molar-refractivity contribution in [1.29, 1.82) is 0 Å². The molecule has 5 heteroatoms. The zero-order valence-corrected chi connectivity index (χ0v) is 14.5. The first kappa shape index (κ1) is 12.4. The summed E-state index contributed by atoms with van der Waals surface area (Å²) >= 11 is 10.2. The molecule has 0 atom stereocenters. The molecule has 0 aromatic rings. The van der Waals surface area contributed by atoms with Gasteiger partial charge in [0.1, 0.15) is 0 Å². The van der Waals surface area contributed by atoms with Crippen LogP contribution in [0.2, 0.25) is 0 Å². The molecular formula is CH3I4Sn. The maximum atomic E-state index is 2.55. The third-order valence-corrected chi connectivity index (χ3v) is 0. The van der Waals surface area contributed by atoms with Gasteiger partial charge in [-0.3, -0.25) is 0 Å². The second-order valence-electron chi connectivity index (χ2n) is 0.429. The van der Waals surface area contributed by atoms with Crippen molar-refractivity contribution in [3.63, 3.8) is 0 Å². The molecule has 39 valence electrons. The molecular weight excluding hydrogens is 638 g/mol. The van der Waals surface area contributed by atoms with E-state index >= 15 is 0 Å². The van der Waals surface area contributed by atoms with E-state index in [0.717, 1.165) is 0 Å². The van der Waals surface area contributed by atoms with E-state index in [9.17, 15) is 0 Å². The van der Waals surface area contributed by atoms with Crippen molar-refractivity contribution >= 4 is 77.0 Å². The van der Waals surface area contributed by atoms with Crippen molar-refractivity contribution in [2.45, 2.75) is 0 Å². The van der Waals surface area contributed by atoms with Crippen LogP contribution < -0.4 is 0 Å². The van der Waals surface area contributed by atoms with Gasteiger partial charge in [0.05, 0.1) is 0 Å². The van der Waals surface area contributed by atoms with Crippen LogP contribution in [0.1, 0.15) is 0 Å². The van der Waals surface area contributed by atoms with Crippen LogP contribution in [0, 0.1) is 7.43 Å². The second kappa shape index (κ2) is 5.50. The molecule has 0 aromatic heterocycles. The average molecular weight is 641 g/mol. The fourth-order valence-corrected chi connectivity index (χ4v) is 0. The molecule has 0 spiro atoms.